The summed E-state index contributed by atoms with van der Waals surface area (Å²) in [5.41, 5.74) is 0. The summed E-state index contributed by atoms with van der Waals surface area (Å²) in [6.45, 7) is 3.54. The molecular weight excluding hydrogens is 182 g/mol. The first-order valence-electron chi connectivity index (χ1n) is 7.15. The Labute approximate surface area is 95.0 Å². The summed E-state index contributed by atoms with van der Waals surface area (Å²) in [7, 11) is 0. The zero-order valence-electron chi connectivity index (χ0n) is 10.3. The molecule has 2 aliphatic rings. The van der Waals surface area contributed by atoms with Gasteiger partial charge in [0.2, 0.25) is 0 Å². The summed E-state index contributed by atoms with van der Waals surface area (Å²) >= 11 is 0. The average Bonchev–Trinajstić information content (AvgIpc) is 3.10. The van der Waals surface area contributed by atoms with Gasteiger partial charge in [-0.2, -0.15) is 0 Å². The van der Waals surface area contributed by atoms with E-state index < -0.39 is 0 Å². The Morgan fingerprint density at radius 2 is 1.67 bits per heavy atom. The van der Waals surface area contributed by atoms with Crippen molar-refractivity contribution in [2.45, 2.75) is 70.8 Å². The average molecular weight is 209 g/mol. The van der Waals surface area contributed by atoms with Crippen molar-refractivity contribution in [1.82, 2.24) is 5.32 Å². The molecule has 2 rings (SSSR count). The summed E-state index contributed by atoms with van der Waals surface area (Å²) in [6.07, 6.45) is 13.2. The van der Waals surface area contributed by atoms with Gasteiger partial charge in [-0.3, -0.25) is 0 Å². The van der Waals surface area contributed by atoms with Crippen LogP contribution in [0, 0.1) is 11.8 Å². The normalized spacial score (nSPS) is 25.4. The number of hydrogen-bond donors (Lipinski definition) is 1. The Morgan fingerprint density at radius 3 is 2.27 bits per heavy atom. The van der Waals surface area contributed by atoms with E-state index in [4.69, 9.17) is 0 Å². The van der Waals surface area contributed by atoms with Crippen molar-refractivity contribution in [3.05, 3.63) is 0 Å². The molecule has 2 fully saturated rings. The first kappa shape index (κ1) is 11.4. The van der Waals surface area contributed by atoms with Gasteiger partial charge in [0.05, 0.1) is 0 Å². The molecule has 0 aromatic carbocycles. The van der Waals surface area contributed by atoms with Gasteiger partial charge in [-0.15, -0.1) is 0 Å². The molecule has 88 valence electrons. The second kappa shape index (κ2) is 5.89. The lowest BCUT2D eigenvalue weighted by molar-refractivity contribution is 0.247. The van der Waals surface area contributed by atoms with E-state index in [0.29, 0.717) is 0 Å². The van der Waals surface area contributed by atoms with Crippen molar-refractivity contribution in [2.75, 3.05) is 6.54 Å². The first-order valence-corrected chi connectivity index (χ1v) is 7.15. The van der Waals surface area contributed by atoms with Crippen molar-refractivity contribution in [3.8, 4) is 0 Å². The molecule has 0 saturated heterocycles. The molecule has 0 bridgehead atoms. The molecule has 1 unspecified atom stereocenters. The molecule has 0 aromatic heterocycles. The highest BCUT2D eigenvalue weighted by atomic mass is 14.9. The molecular formula is C14H27N. The summed E-state index contributed by atoms with van der Waals surface area (Å²) in [4.78, 5) is 0. The van der Waals surface area contributed by atoms with Gasteiger partial charge < -0.3 is 5.32 Å². The minimum absolute atomic E-state index is 0.886. The summed E-state index contributed by atoms with van der Waals surface area (Å²) in [6, 6.07) is 0.886. The zero-order valence-corrected chi connectivity index (χ0v) is 10.3. The van der Waals surface area contributed by atoms with E-state index >= 15 is 0 Å². The van der Waals surface area contributed by atoms with Gasteiger partial charge in [-0.25, -0.2) is 0 Å². The molecule has 1 atom stereocenters. The third kappa shape index (κ3) is 3.48. The number of unbranched alkanes of at least 4 members (excludes halogenated alkanes) is 1. The van der Waals surface area contributed by atoms with Crippen LogP contribution in [0.5, 0.6) is 0 Å². The number of rotatable bonds is 6. The molecule has 1 heteroatoms. The number of nitrogens with one attached hydrogen (secondary N) is 1. The summed E-state index contributed by atoms with van der Waals surface area (Å²) in [5.74, 6) is 2.06. The molecule has 1 nitrogen and oxygen atoms in total. The van der Waals surface area contributed by atoms with Crippen LogP contribution in [0.25, 0.3) is 0 Å². The minimum atomic E-state index is 0.886. The fourth-order valence-corrected chi connectivity index (χ4v) is 3.11. The highest BCUT2D eigenvalue weighted by Gasteiger charge is 2.36. The van der Waals surface area contributed by atoms with Gasteiger partial charge in [-0.1, -0.05) is 32.6 Å². The van der Waals surface area contributed by atoms with E-state index in [-0.39, 0.29) is 0 Å². The maximum atomic E-state index is 3.85. The van der Waals surface area contributed by atoms with Crippen LogP contribution in [-0.4, -0.2) is 12.6 Å². The van der Waals surface area contributed by atoms with Crippen molar-refractivity contribution in [1.29, 1.82) is 0 Å². The van der Waals surface area contributed by atoms with Crippen molar-refractivity contribution in [3.63, 3.8) is 0 Å². The Morgan fingerprint density at radius 1 is 1.00 bits per heavy atom. The van der Waals surface area contributed by atoms with E-state index in [1.807, 2.05) is 0 Å². The zero-order chi connectivity index (χ0) is 10.5. The third-order valence-electron chi connectivity index (χ3n) is 4.20. The molecule has 0 radical (unpaired) electrons. The minimum Gasteiger partial charge on any atom is -0.313 e. The quantitative estimate of drug-likeness (QED) is 0.657. The molecule has 0 aromatic rings. The van der Waals surface area contributed by atoms with Gasteiger partial charge in [0, 0.05) is 6.04 Å². The van der Waals surface area contributed by atoms with Gasteiger partial charge >= 0.3 is 0 Å². The molecule has 1 N–H and O–H groups in total. The SMILES string of the molecule is CCCCNC(C1CCCCC1)C1CC1. The molecule has 15 heavy (non-hydrogen) atoms. The van der Waals surface area contributed by atoms with Gasteiger partial charge in [-0.05, 0) is 50.5 Å². The highest BCUT2D eigenvalue weighted by Crippen LogP contribution is 2.40. The highest BCUT2D eigenvalue weighted by molar-refractivity contribution is 4.91. The van der Waals surface area contributed by atoms with Crippen LogP contribution in [0.4, 0.5) is 0 Å². The Bertz CT molecular complexity index is 168. The smallest absolute Gasteiger partial charge is 0.0124 e. The van der Waals surface area contributed by atoms with Crippen LogP contribution in [0.2, 0.25) is 0 Å². The molecule has 2 aliphatic carbocycles. The maximum Gasteiger partial charge on any atom is 0.0124 e. The second-order valence-electron chi connectivity index (χ2n) is 5.57. The van der Waals surface area contributed by atoms with E-state index in [9.17, 15) is 0 Å². The van der Waals surface area contributed by atoms with Crippen LogP contribution in [0.1, 0.15) is 64.7 Å². The lowest BCUT2D eigenvalue weighted by Crippen LogP contribution is -2.39. The van der Waals surface area contributed by atoms with E-state index in [0.717, 1.165) is 17.9 Å². The first-order chi connectivity index (χ1) is 7.42. The third-order valence-corrected chi connectivity index (χ3v) is 4.20. The van der Waals surface area contributed by atoms with Crippen LogP contribution in [0.3, 0.4) is 0 Å². The Kier molecular flexibility index (Phi) is 4.49. The standard InChI is InChI=1S/C14H27N/c1-2-3-11-15-14(13-9-10-13)12-7-5-4-6-8-12/h12-15H,2-11H2,1H3. The number of hydrogen-bond acceptors (Lipinski definition) is 1. The van der Waals surface area contributed by atoms with Crippen LogP contribution in [-0.2, 0) is 0 Å². The predicted molar refractivity (Wildman–Crippen MR) is 66.0 cm³/mol. The summed E-state index contributed by atoms with van der Waals surface area (Å²) in [5, 5.41) is 3.85. The van der Waals surface area contributed by atoms with E-state index in [2.05, 4.69) is 12.2 Å². The van der Waals surface area contributed by atoms with Gasteiger partial charge in [0.15, 0.2) is 0 Å². The van der Waals surface area contributed by atoms with Crippen molar-refractivity contribution < 1.29 is 0 Å². The van der Waals surface area contributed by atoms with Gasteiger partial charge in [0.25, 0.3) is 0 Å². The lowest BCUT2D eigenvalue weighted by atomic mass is 9.82. The van der Waals surface area contributed by atoms with Crippen molar-refractivity contribution in [2.24, 2.45) is 11.8 Å². The van der Waals surface area contributed by atoms with Gasteiger partial charge in [0.1, 0.15) is 0 Å². The fourth-order valence-electron chi connectivity index (χ4n) is 3.11. The lowest BCUT2D eigenvalue weighted by Gasteiger charge is -2.31. The second-order valence-corrected chi connectivity index (χ2v) is 5.57. The van der Waals surface area contributed by atoms with Crippen LogP contribution >= 0.6 is 0 Å². The topological polar surface area (TPSA) is 12.0 Å². The molecule has 0 heterocycles. The molecule has 0 spiro atoms. The van der Waals surface area contributed by atoms with Crippen LogP contribution < -0.4 is 5.32 Å². The monoisotopic (exact) mass is 209 g/mol. The fraction of sp³-hybridized carbons (Fsp3) is 1.00. The molecule has 0 aliphatic heterocycles. The van der Waals surface area contributed by atoms with E-state index in [1.165, 1.54) is 64.3 Å². The Balaban J connectivity index is 1.76. The Hall–Kier alpha value is -0.0400. The predicted octanol–water partition coefficient (Wildman–Crippen LogP) is 3.74. The molecule has 2 saturated carbocycles. The van der Waals surface area contributed by atoms with Crippen molar-refractivity contribution >= 4 is 0 Å². The maximum absolute atomic E-state index is 3.85. The molecule has 0 amide bonds. The van der Waals surface area contributed by atoms with E-state index in [1.54, 1.807) is 0 Å². The van der Waals surface area contributed by atoms with Crippen LogP contribution in [0.15, 0.2) is 0 Å². The summed E-state index contributed by atoms with van der Waals surface area (Å²) < 4.78 is 0. The largest absolute Gasteiger partial charge is 0.313 e.